The van der Waals surface area contributed by atoms with Crippen LogP contribution in [0.25, 0.3) is 0 Å². The van der Waals surface area contributed by atoms with Gasteiger partial charge in [0, 0.05) is 19.4 Å². The number of hydrogen-bond acceptors (Lipinski definition) is 4. The second-order valence-corrected chi connectivity index (χ2v) is 3.39. The highest BCUT2D eigenvalue weighted by Crippen LogP contribution is 1.99. The van der Waals surface area contributed by atoms with E-state index in [4.69, 9.17) is 4.84 Å². The van der Waals surface area contributed by atoms with Crippen LogP contribution >= 0.6 is 0 Å². The number of benzene rings is 1. The van der Waals surface area contributed by atoms with Crippen molar-refractivity contribution >= 4 is 12.2 Å². The quantitative estimate of drug-likeness (QED) is 0.456. The van der Waals surface area contributed by atoms with Gasteiger partial charge in [-0.25, -0.2) is 9.78 Å². The molecule has 0 aliphatic heterocycles. The molecule has 86 valence electrons. The van der Waals surface area contributed by atoms with Crippen LogP contribution in [-0.4, -0.2) is 21.7 Å². The van der Waals surface area contributed by atoms with Crippen molar-refractivity contribution in [2.75, 3.05) is 0 Å². The molecule has 1 aromatic heterocycles. The number of aryl methyl sites for hydroxylation is 1. The van der Waals surface area contributed by atoms with Gasteiger partial charge in [-0.3, -0.25) is 0 Å². The number of carbonyl (C=O) groups excluding carboxylic acids is 1. The molecule has 0 fully saturated rings. The highest BCUT2D eigenvalue weighted by atomic mass is 16.7. The lowest BCUT2D eigenvalue weighted by Gasteiger charge is -1.97. The average molecular weight is 229 g/mol. The lowest BCUT2D eigenvalue weighted by molar-refractivity contribution is 0.0501. The average Bonchev–Trinajstić information content (AvgIpc) is 2.77. The third kappa shape index (κ3) is 2.78. The fourth-order valence-corrected chi connectivity index (χ4v) is 1.28. The second kappa shape index (κ2) is 5.07. The number of hydrogen-bond donors (Lipinski definition) is 0. The zero-order valence-corrected chi connectivity index (χ0v) is 9.28. The van der Waals surface area contributed by atoms with Crippen LogP contribution in [0.1, 0.15) is 16.2 Å². The Morgan fingerprint density at radius 3 is 2.82 bits per heavy atom. The van der Waals surface area contributed by atoms with Crippen molar-refractivity contribution in [1.29, 1.82) is 0 Å². The zero-order valence-electron chi connectivity index (χ0n) is 9.28. The lowest BCUT2D eigenvalue weighted by atomic mass is 10.2. The summed E-state index contributed by atoms with van der Waals surface area (Å²) in [5.41, 5.74) is 0.861. The van der Waals surface area contributed by atoms with Gasteiger partial charge in [-0.2, -0.15) is 0 Å². The standard InChI is InChI=1S/C12H11N3O2/c1-15-8-7-13-11(15)12(16)17-14-9-10-5-3-2-4-6-10/h2-9H,1H3. The first-order valence-electron chi connectivity index (χ1n) is 5.04. The van der Waals surface area contributed by atoms with Gasteiger partial charge in [0.05, 0.1) is 6.21 Å². The monoisotopic (exact) mass is 229 g/mol. The molecule has 1 heterocycles. The Morgan fingerprint density at radius 1 is 1.41 bits per heavy atom. The van der Waals surface area contributed by atoms with Crippen molar-refractivity contribution in [3.05, 3.63) is 54.1 Å². The Labute approximate surface area is 98.3 Å². The molecule has 2 aromatic rings. The van der Waals surface area contributed by atoms with Gasteiger partial charge >= 0.3 is 5.97 Å². The molecule has 0 unspecified atom stereocenters. The lowest BCUT2D eigenvalue weighted by Crippen LogP contribution is -2.08. The van der Waals surface area contributed by atoms with Crippen LogP contribution in [0.15, 0.2) is 47.9 Å². The van der Waals surface area contributed by atoms with E-state index in [1.165, 1.54) is 12.4 Å². The number of oxime groups is 1. The summed E-state index contributed by atoms with van der Waals surface area (Å²) in [6.45, 7) is 0. The molecule has 0 atom stereocenters. The van der Waals surface area contributed by atoms with Crippen LogP contribution in [0.2, 0.25) is 0 Å². The van der Waals surface area contributed by atoms with Gasteiger partial charge in [0.2, 0.25) is 5.82 Å². The van der Waals surface area contributed by atoms with Crippen molar-refractivity contribution in [2.24, 2.45) is 12.2 Å². The Morgan fingerprint density at radius 2 is 2.18 bits per heavy atom. The van der Waals surface area contributed by atoms with E-state index in [1.807, 2.05) is 30.3 Å². The first kappa shape index (κ1) is 11.1. The summed E-state index contributed by atoms with van der Waals surface area (Å²) in [4.78, 5) is 20.1. The molecule has 2 rings (SSSR count). The van der Waals surface area contributed by atoms with E-state index in [1.54, 1.807) is 17.8 Å². The normalized spacial score (nSPS) is 10.6. The molecule has 0 aliphatic carbocycles. The molecule has 0 saturated carbocycles. The molecule has 0 N–H and O–H groups in total. The van der Waals surface area contributed by atoms with Gasteiger partial charge in [-0.15, -0.1) is 0 Å². The van der Waals surface area contributed by atoms with Gasteiger partial charge in [0.1, 0.15) is 0 Å². The highest BCUT2D eigenvalue weighted by Gasteiger charge is 2.11. The molecule has 17 heavy (non-hydrogen) atoms. The molecule has 0 bridgehead atoms. The number of imidazole rings is 1. The topological polar surface area (TPSA) is 56.5 Å². The fraction of sp³-hybridized carbons (Fsp3) is 0.0833. The van der Waals surface area contributed by atoms with Gasteiger partial charge in [0.15, 0.2) is 0 Å². The Kier molecular flexibility index (Phi) is 3.30. The minimum Gasteiger partial charge on any atom is -0.328 e. The summed E-state index contributed by atoms with van der Waals surface area (Å²) in [6, 6.07) is 9.37. The van der Waals surface area contributed by atoms with E-state index >= 15 is 0 Å². The molecule has 0 radical (unpaired) electrons. The van der Waals surface area contributed by atoms with Crippen LogP contribution in [0, 0.1) is 0 Å². The summed E-state index contributed by atoms with van der Waals surface area (Å²) in [6.07, 6.45) is 4.66. The fourth-order valence-electron chi connectivity index (χ4n) is 1.28. The Balaban J connectivity index is 1.98. The van der Waals surface area contributed by atoms with E-state index in [0.717, 1.165) is 5.56 Å². The number of nitrogens with zero attached hydrogens (tertiary/aromatic N) is 3. The van der Waals surface area contributed by atoms with Gasteiger partial charge in [0.25, 0.3) is 0 Å². The van der Waals surface area contributed by atoms with E-state index in [-0.39, 0.29) is 5.82 Å². The molecule has 0 saturated heterocycles. The summed E-state index contributed by atoms with van der Waals surface area (Å²) in [5, 5.41) is 3.61. The van der Waals surface area contributed by atoms with Crippen molar-refractivity contribution in [2.45, 2.75) is 0 Å². The maximum absolute atomic E-state index is 11.5. The predicted octanol–water partition coefficient (Wildman–Crippen LogP) is 1.61. The minimum absolute atomic E-state index is 0.218. The SMILES string of the molecule is Cn1ccnc1C(=O)ON=Cc1ccccc1. The summed E-state index contributed by atoms with van der Waals surface area (Å²) in [7, 11) is 1.71. The van der Waals surface area contributed by atoms with Crippen molar-refractivity contribution in [3.63, 3.8) is 0 Å². The molecule has 5 nitrogen and oxygen atoms in total. The van der Waals surface area contributed by atoms with Crippen molar-refractivity contribution < 1.29 is 9.63 Å². The third-order valence-electron chi connectivity index (χ3n) is 2.14. The second-order valence-electron chi connectivity index (χ2n) is 3.39. The maximum Gasteiger partial charge on any atom is 0.400 e. The van der Waals surface area contributed by atoms with Gasteiger partial charge in [-0.1, -0.05) is 35.5 Å². The van der Waals surface area contributed by atoms with Crippen LogP contribution in [0.4, 0.5) is 0 Å². The molecule has 0 spiro atoms. The molecule has 5 heteroatoms. The van der Waals surface area contributed by atoms with Crippen molar-refractivity contribution in [3.8, 4) is 0 Å². The van der Waals surface area contributed by atoms with E-state index in [0.29, 0.717) is 0 Å². The van der Waals surface area contributed by atoms with Crippen LogP contribution in [-0.2, 0) is 11.9 Å². The van der Waals surface area contributed by atoms with E-state index in [9.17, 15) is 4.79 Å². The van der Waals surface area contributed by atoms with Crippen molar-refractivity contribution in [1.82, 2.24) is 9.55 Å². The summed E-state index contributed by atoms with van der Waals surface area (Å²) < 4.78 is 1.57. The number of aromatic nitrogens is 2. The van der Waals surface area contributed by atoms with Gasteiger partial charge < -0.3 is 9.40 Å². The molecular formula is C12H11N3O2. The Hall–Kier alpha value is -2.43. The van der Waals surface area contributed by atoms with E-state index < -0.39 is 5.97 Å². The molecular weight excluding hydrogens is 218 g/mol. The summed E-state index contributed by atoms with van der Waals surface area (Å²) in [5.74, 6) is -0.361. The number of rotatable bonds is 3. The van der Waals surface area contributed by atoms with Gasteiger partial charge in [-0.05, 0) is 5.56 Å². The first-order chi connectivity index (χ1) is 8.27. The largest absolute Gasteiger partial charge is 0.400 e. The predicted molar refractivity (Wildman–Crippen MR) is 62.7 cm³/mol. The molecule has 1 aromatic carbocycles. The Bertz CT molecular complexity index is 532. The van der Waals surface area contributed by atoms with E-state index in [2.05, 4.69) is 10.1 Å². The van der Waals surface area contributed by atoms with Crippen LogP contribution < -0.4 is 0 Å². The van der Waals surface area contributed by atoms with Crippen LogP contribution in [0.3, 0.4) is 0 Å². The third-order valence-corrected chi connectivity index (χ3v) is 2.14. The smallest absolute Gasteiger partial charge is 0.328 e. The molecule has 0 amide bonds. The highest BCUT2D eigenvalue weighted by molar-refractivity contribution is 5.86. The maximum atomic E-state index is 11.5. The zero-order chi connectivity index (χ0) is 12.1. The minimum atomic E-state index is -0.579. The number of carbonyl (C=O) groups is 1. The summed E-state index contributed by atoms with van der Waals surface area (Å²) >= 11 is 0. The first-order valence-corrected chi connectivity index (χ1v) is 5.04. The molecule has 0 aliphatic rings. The van der Waals surface area contributed by atoms with Crippen LogP contribution in [0.5, 0.6) is 0 Å².